The molecule has 1 heterocycles. The normalized spacial score (nSPS) is 10.5. The van der Waals surface area contributed by atoms with Crippen LogP contribution in [0.15, 0.2) is 0 Å². The first-order chi connectivity index (χ1) is 6.19. The Balaban J connectivity index is 3.13. The highest BCUT2D eigenvalue weighted by atomic mass is 35.5. The molecule has 1 aromatic rings. The van der Waals surface area contributed by atoms with Gasteiger partial charge in [0.15, 0.2) is 0 Å². The van der Waals surface area contributed by atoms with E-state index in [1.807, 2.05) is 6.92 Å². The minimum Gasteiger partial charge on any atom is -0.223 e. The molecule has 0 N–H and O–H groups in total. The van der Waals surface area contributed by atoms with Gasteiger partial charge in [0, 0.05) is 17.1 Å². The molecule has 0 saturated heterocycles. The van der Waals surface area contributed by atoms with Crippen molar-refractivity contribution in [1.82, 2.24) is 9.97 Å². The number of halogens is 3. The molecule has 0 aliphatic carbocycles. The highest BCUT2D eigenvalue weighted by molar-refractivity contribution is 6.32. The van der Waals surface area contributed by atoms with Crippen molar-refractivity contribution >= 4 is 34.8 Å². The van der Waals surface area contributed by atoms with Crippen LogP contribution in [0, 0.1) is 0 Å². The number of alkyl halides is 1. The first kappa shape index (κ1) is 11.0. The molecule has 0 radical (unpaired) electrons. The van der Waals surface area contributed by atoms with Gasteiger partial charge in [-0.05, 0) is 24.4 Å². The molecule has 0 aromatic carbocycles. The maximum Gasteiger partial charge on any atom is 0.224 e. The molecule has 72 valence electrons. The molecule has 0 atom stereocenters. The second-order valence-corrected chi connectivity index (χ2v) is 3.58. The van der Waals surface area contributed by atoms with Crippen molar-refractivity contribution in [3.63, 3.8) is 0 Å². The Kier molecular flexibility index (Phi) is 4.23. The summed E-state index contributed by atoms with van der Waals surface area (Å²) in [6.45, 7) is 1.99. The summed E-state index contributed by atoms with van der Waals surface area (Å²) in [5, 5.41) is 0.609. The second kappa shape index (κ2) is 4.99. The number of nitrogens with zero attached hydrogens (tertiary/aromatic N) is 2. The first-order valence-corrected chi connectivity index (χ1v) is 5.24. The highest BCUT2D eigenvalue weighted by Crippen LogP contribution is 2.20. The number of rotatable bonds is 3. The van der Waals surface area contributed by atoms with Crippen LogP contribution >= 0.6 is 34.8 Å². The van der Waals surface area contributed by atoms with Crippen molar-refractivity contribution < 1.29 is 0 Å². The molecule has 5 heteroatoms. The van der Waals surface area contributed by atoms with Gasteiger partial charge in [0.1, 0.15) is 5.15 Å². The summed E-state index contributed by atoms with van der Waals surface area (Å²) in [7, 11) is 0. The molecule has 1 aromatic heterocycles. The van der Waals surface area contributed by atoms with Gasteiger partial charge in [0.05, 0.1) is 0 Å². The van der Waals surface area contributed by atoms with Gasteiger partial charge in [0.2, 0.25) is 5.28 Å². The van der Waals surface area contributed by atoms with Crippen molar-refractivity contribution in [2.45, 2.75) is 19.8 Å². The zero-order chi connectivity index (χ0) is 9.84. The predicted octanol–water partition coefficient (Wildman–Crippen LogP) is 3.13. The summed E-state index contributed by atoms with van der Waals surface area (Å²) < 4.78 is 0. The van der Waals surface area contributed by atoms with E-state index in [1.54, 1.807) is 0 Å². The number of hydrogen-bond acceptors (Lipinski definition) is 2. The van der Waals surface area contributed by atoms with E-state index >= 15 is 0 Å². The highest BCUT2D eigenvalue weighted by Gasteiger charge is 2.09. The van der Waals surface area contributed by atoms with Crippen molar-refractivity contribution in [1.29, 1.82) is 0 Å². The lowest BCUT2D eigenvalue weighted by Crippen LogP contribution is -2.01. The largest absolute Gasteiger partial charge is 0.224 e. The van der Waals surface area contributed by atoms with E-state index in [-0.39, 0.29) is 5.28 Å². The average Bonchev–Trinajstić information content (AvgIpc) is 2.09. The van der Waals surface area contributed by atoms with Crippen molar-refractivity contribution in [3.05, 3.63) is 21.7 Å². The van der Waals surface area contributed by atoms with Crippen LogP contribution in [-0.4, -0.2) is 15.8 Å². The third kappa shape index (κ3) is 2.70. The fraction of sp³-hybridized carbons (Fsp3) is 0.500. The fourth-order valence-electron chi connectivity index (χ4n) is 1.11. The summed E-state index contributed by atoms with van der Waals surface area (Å²) in [4.78, 5) is 7.94. The third-order valence-corrected chi connectivity index (χ3v) is 2.37. The van der Waals surface area contributed by atoms with Crippen molar-refractivity contribution in [3.8, 4) is 0 Å². The minimum absolute atomic E-state index is 0.195. The van der Waals surface area contributed by atoms with E-state index in [1.165, 1.54) is 0 Å². The Morgan fingerprint density at radius 2 is 1.92 bits per heavy atom. The quantitative estimate of drug-likeness (QED) is 0.460. The Morgan fingerprint density at radius 1 is 1.23 bits per heavy atom. The van der Waals surface area contributed by atoms with Crippen LogP contribution in [0.4, 0.5) is 0 Å². The van der Waals surface area contributed by atoms with Crippen LogP contribution in [0.3, 0.4) is 0 Å². The molecule has 1 rings (SSSR count). The Morgan fingerprint density at radius 3 is 2.46 bits per heavy atom. The van der Waals surface area contributed by atoms with Gasteiger partial charge in [-0.2, -0.15) is 0 Å². The molecule has 0 saturated carbocycles. The van der Waals surface area contributed by atoms with Gasteiger partial charge < -0.3 is 0 Å². The van der Waals surface area contributed by atoms with Gasteiger partial charge in [-0.1, -0.05) is 18.5 Å². The average molecular weight is 240 g/mol. The summed E-state index contributed by atoms with van der Waals surface area (Å²) in [6.07, 6.45) is 1.47. The lowest BCUT2D eigenvalue weighted by molar-refractivity contribution is 0.933. The summed E-state index contributed by atoms with van der Waals surface area (Å²) >= 11 is 17.2. The molecule has 0 spiro atoms. The molecule has 0 aliphatic rings. The maximum atomic E-state index is 5.90. The SMILES string of the molecule is CCc1nc(Cl)nc(Cl)c1CCCl. The zero-order valence-electron chi connectivity index (χ0n) is 7.15. The van der Waals surface area contributed by atoms with Gasteiger partial charge in [-0.25, -0.2) is 9.97 Å². The molecule has 13 heavy (non-hydrogen) atoms. The van der Waals surface area contributed by atoms with E-state index in [4.69, 9.17) is 34.8 Å². The summed E-state index contributed by atoms with van der Waals surface area (Å²) in [5.41, 5.74) is 1.79. The Hall–Kier alpha value is -0.0500. The van der Waals surface area contributed by atoms with Crippen LogP contribution in [0.5, 0.6) is 0 Å². The smallest absolute Gasteiger partial charge is 0.223 e. The molecule has 0 fully saturated rings. The molecule has 0 aliphatic heterocycles. The van der Waals surface area contributed by atoms with E-state index in [9.17, 15) is 0 Å². The first-order valence-electron chi connectivity index (χ1n) is 3.95. The van der Waals surface area contributed by atoms with E-state index in [2.05, 4.69) is 9.97 Å². The van der Waals surface area contributed by atoms with E-state index < -0.39 is 0 Å². The number of hydrogen-bond donors (Lipinski definition) is 0. The number of aryl methyl sites for hydroxylation is 1. The zero-order valence-corrected chi connectivity index (χ0v) is 9.42. The molecular formula is C8H9Cl3N2. The van der Waals surface area contributed by atoms with Crippen LogP contribution in [0.25, 0.3) is 0 Å². The van der Waals surface area contributed by atoms with Crippen LogP contribution in [0.1, 0.15) is 18.2 Å². The molecule has 0 unspecified atom stereocenters. The van der Waals surface area contributed by atoms with Crippen LogP contribution in [-0.2, 0) is 12.8 Å². The second-order valence-electron chi connectivity index (χ2n) is 2.50. The van der Waals surface area contributed by atoms with Gasteiger partial charge in [0.25, 0.3) is 0 Å². The molecular weight excluding hydrogens is 230 g/mol. The summed E-state index contributed by atoms with van der Waals surface area (Å²) in [5.74, 6) is 0.512. The van der Waals surface area contributed by atoms with Crippen molar-refractivity contribution in [2.75, 3.05) is 5.88 Å². The monoisotopic (exact) mass is 238 g/mol. The lowest BCUT2D eigenvalue weighted by atomic mass is 10.1. The maximum absolute atomic E-state index is 5.90. The lowest BCUT2D eigenvalue weighted by Gasteiger charge is -2.06. The number of aromatic nitrogens is 2. The molecule has 0 amide bonds. The molecule has 2 nitrogen and oxygen atoms in total. The van der Waals surface area contributed by atoms with Crippen molar-refractivity contribution in [2.24, 2.45) is 0 Å². The van der Waals surface area contributed by atoms with Crippen LogP contribution in [0.2, 0.25) is 10.4 Å². The predicted molar refractivity (Wildman–Crippen MR) is 55.9 cm³/mol. The van der Waals surface area contributed by atoms with Crippen LogP contribution < -0.4 is 0 Å². The third-order valence-electron chi connectivity index (χ3n) is 1.69. The van der Waals surface area contributed by atoms with E-state index in [0.29, 0.717) is 17.5 Å². The topological polar surface area (TPSA) is 25.8 Å². The van der Waals surface area contributed by atoms with Gasteiger partial charge >= 0.3 is 0 Å². The Labute approximate surface area is 92.2 Å². The minimum atomic E-state index is 0.195. The summed E-state index contributed by atoms with van der Waals surface area (Å²) in [6, 6.07) is 0. The van der Waals surface area contributed by atoms with Gasteiger partial charge in [-0.3, -0.25) is 0 Å². The fourth-order valence-corrected chi connectivity index (χ4v) is 1.81. The Bertz CT molecular complexity index is 302. The van der Waals surface area contributed by atoms with E-state index in [0.717, 1.165) is 17.7 Å². The van der Waals surface area contributed by atoms with Gasteiger partial charge in [-0.15, -0.1) is 11.6 Å². The molecule has 0 bridgehead atoms. The standard InChI is InChI=1S/C8H9Cl3N2/c1-2-6-5(3-4-9)7(10)13-8(11)12-6/h2-4H2,1H3.